The maximum absolute atomic E-state index is 12.3. The summed E-state index contributed by atoms with van der Waals surface area (Å²) in [5.74, 6) is 0.453. The van der Waals surface area contributed by atoms with E-state index >= 15 is 0 Å². The minimum absolute atomic E-state index is 0.181. The minimum Gasteiger partial charge on any atom is -0.340 e. The summed E-state index contributed by atoms with van der Waals surface area (Å²) in [4.78, 5) is 19.6. The van der Waals surface area contributed by atoms with E-state index in [2.05, 4.69) is 17.2 Å². The first-order chi connectivity index (χ1) is 8.56. The van der Waals surface area contributed by atoms with Gasteiger partial charge < -0.3 is 10.2 Å². The lowest BCUT2D eigenvalue weighted by Crippen LogP contribution is -2.42. The fourth-order valence-electron chi connectivity index (χ4n) is 2.46. The number of hydrogen-bond donors (Lipinski definition) is 1. The van der Waals surface area contributed by atoms with Gasteiger partial charge in [0.1, 0.15) is 0 Å². The number of aryl methyl sites for hydroxylation is 1. The zero-order valence-electron chi connectivity index (χ0n) is 11.3. The van der Waals surface area contributed by atoms with Gasteiger partial charge in [-0.05, 0) is 33.2 Å². The van der Waals surface area contributed by atoms with Gasteiger partial charge in [-0.15, -0.1) is 11.3 Å². The number of piperidine rings is 1. The molecule has 2 unspecified atom stereocenters. The first-order valence-electron chi connectivity index (χ1n) is 6.46. The van der Waals surface area contributed by atoms with Gasteiger partial charge in [0.25, 0.3) is 0 Å². The molecule has 0 spiro atoms. The van der Waals surface area contributed by atoms with E-state index in [1.54, 1.807) is 11.3 Å². The quantitative estimate of drug-likeness (QED) is 0.908. The van der Waals surface area contributed by atoms with E-state index in [1.165, 1.54) is 0 Å². The Hall–Kier alpha value is -0.940. The molecule has 1 aliphatic heterocycles. The van der Waals surface area contributed by atoms with Crippen LogP contribution >= 0.6 is 11.3 Å². The van der Waals surface area contributed by atoms with Crippen molar-refractivity contribution in [2.24, 2.45) is 5.92 Å². The molecule has 0 aromatic carbocycles. The highest BCUT2D eigenvalue weighted by Crippen LogP contribution is 2.20. The predicted octanol–water partition coefficient (Wildman–Crippen LogP) is 1.80. The normalized spacial score (nSPS) is 23.9. The van der Waals surface area contributed by atoms with Gasteiger partial charge in [-0.3, -0.25) is 4.79 Å². The van der Waals surface area contributed by atoms with Crippen molar-refractivity contribution in [2.75, 3.05) is 13.6 Å². The van der Waals surface area contributed by atoms with Crippen LogP contribution in [0.3, 0.4) is 0 Å². The van der Waals surface area contributed by atoms with Crippen molar-refractivity contribution < 1.29 is 4.79 Å². The molecule has 5 heteroatoms. The maximum atomic E-state index is 12.3. The standard InChI is InChI=1S/C13H21N3OS/c1-9-6-11(4-5-14-9)13(17)16(3)8-12-7-15-10(2)18-12/h7,9,11,14H,4-6,8H2,1-3H3. The summed E-state index contributed by atoms with van der Waals surface area (Å²) >= 11 is 1.66. The monoisotopic (exact) mass is 267 g/mol. The third-order valence-corrected chi connectivity index (χ3v) is 4.31. The molecule has 18 heavy (non-hydrogen) atoms. The van der Waals surface area contributed by atoms with Crippen molar-refractivity contribution in [1.29, 1.82) is 0 Å². The maximum Gasteiger partial charge on any atom is 0.225 e. The largest absolute Gasteiger partial charge is 0.340 e. The molecular weight excluding hydrogens is 246 g/mol. The van der Waals surface area contributed by atoms with Crippen molar-refractivity contribution in [3.05, 3.63) is 16.1 Å². The highest BCUT2D eigenvalue weighted by molar-refractivity contribution is 7.11. The van der Waals surface area contributed by atoms with E-state index in [0.29, 0.717) is 12.6 Å². The number of hydrogen-bond acceptors (Lipinski definition) is 4. The molecule has 0 saturated carbocycles. The molecular formula is C13H21N3OS. The SMILES string of the molecule is Cc1ncc(CN(C)C(=O)C2CCNC(C)C2)s1. The number of rotatable bonds is 3. The fraction of sp³-hybridized carbons (Fsp3) is 0.692. The summed E-state index contributed by atoms with van der Waals surface area (Å²) in [6, 6.07) is 0.451. The number of carbonyl (C=O) groups is 1. The molecule has 1 amide bonds. The van der Waals surface area contributed by atoms with Crippen molar-refractivity contribution in [3.63, 3.8) is 0 Å². The minimum atomic E-state index is 0.181. The van der Waals surface area contributed by atoms with E-state index in [4.69, 9.17) is 0 Å². The van der Waals surface area contributed by atoms with Crippen LogP contribution in [0.2, 0.25) is 0 Å². The van der Waals surface area contributed by atoms with Crippen LogP contribution in [-0.4, -0.2) is 35.4 Å². The van der Waals surface area contributed by atoms with Gasteiger partial charge in [-0.1, -0.05) is 0 Å². The highest BCUT2D eigenvalue weighted by Gasteiger charge is 2.27. The number of carbonyl (C=O) groups excluding carboxylic acids is 1. The molecule has 2 atom stereocenters. The van der Waals surface area contributed by atoms with Crippen LogP contribution in [0.25, 0.3) is 0 Å². The molecule has 2 heterocycles. The zero-order valence-corrected chi connectivity index (χ0v) is 12.1. The number of nitrogens with zero attached hydrogens (tertiary/aromatic N) is 2. The lowest BCUT2D eigenvalue weighted by atomic mass is 9.92. The van der Waals surface area contributed by atoms with E-state index in [0.717, 1.165) is 29.3 Å². The van der Waals surface area contributed by atoms with E-state index < -0.39 is 0 Å². The Balaban J connectivity index is 1.91. The molecule has 0 aliphatic carbocycles. The van der Waals surface area contributed by atoms with Crippen molar-refractivity contribution in [3.8, 4) is 0 Å². The van der Waals surface area contributed by atoms with Crippen LogP contribution < -0.4 is 5.32 Å². The number of aromatic nitrogens is 1. The van der Waals surface area contributed by atoms with Gasteiger partial charge in [-0.2, -0.15) is 0 Å². The Kier molecular flexibility index (Phi) is 4.35. The molecule has 1 saturated heterocycles. The Labute approximate surface area is 112 Å². The van der Waals surface area contributed by atoms with Gasteiger partial charge in [0, 0.05) is 30.1 Å². The summed E-state index contributed by atoms with van der Waals surface area (Å²) in [5.41, 5.74) is 0. The zero-order chi connectivity index (χ0) is 13.1. The number of nitrogens with one attached hydrogen (secondary N) is 1. The molecule has 1 aromatic rings. The van der Waals surface area contributed by atoms with Gasteiger partial charge in [0.05, 0.1) is 11.6 Å². The first-order valence-corrected chi connectivity index (χ1v) is 7.27. The lowest BCUT2D eigenvalue weighted by Gasteiger charge is -2.30. The number of amides is 1. The lowest BCUT2D eigenvalue weighted by molar-refractivity contribution is -0.135. The molecule has 1 fully saturated rings. The van der Waals surface area contributed by atoms with Crippen LogP contribution in [-0.2, 0) is 11.3 Å². The summed E-state index contributed by atoms with van der Waals surface area (Å²) < 4.78 is 0. The first kappa shape index (κ1) is 13.5. The third kappa shape index (κ3) is 3.29. The van der Waals surface area contributed by atoms with E-state index in [-0.39, 0.29) is 11.8 Å². The topological polar surface area (TPSA) is 45.2 Å². The van der Waals surface area contributed by atoms with Crippen molar-refractivity contribution >= 4 is 17.2 Å². The molecule has 1 aromatic heterocycles. The molecule has 0 bridgehead atoms. The van der Waals surface area contributed by atoms with Crippen molar-refractivity contribution in [2.45, 2.75) is 39.3 Å². The van der Waals surface area contributed by atoms with Gasteiger partial charge >= 0.3 is 0 Å². The second kappa shape index (κ2) is 5.80. The number of thiazole rings is 1. The summed E-state index contributed by atoms with van der Waals surface area (Å²) in [6.07, 6.45) is 3.77. The molecule has 1 aliphatic rings. The van der Waals surface area contributed by atoms with Gasteiger partial charge in [0.15, 0.2) is 0 Å². The fourth-order valence-corrected chi connectivity index (χ4v) is 3.31. The second-order valence-corrected chi connectivity index (χ2v) is 6.44. The predicted molar refractivity (Wildman–Crippen MR) is 73.5 cm³/mol. The van der Waals surface area contributed by atoms with Gasteiger partial charge in [0.2, 0.25) is 5.91 Å². The summed E-state index contributed by atoms with van der Waals surface area (Å²) in [7, 11) is 1.89. The second-order valence-electron chi connectivity index (χ2n) is 5.12. The van der Waals surface area contributed by atoms with E-state index in [9.17, 15) is 4.79 Å². The smallest absolute Gasteiger partial charge is 0.225 e. The van der Waals surface area contributed by atoms with Crippen LogP contribution in [0, 0.1) is 12.8 Å². The van der Waals surface area contributed by atoms with Crippen molar-refractivity contribution in [1.82, 2.24) is 15.2 Å². The van der Waals surface area contributed by atoms with Crippen LogP contribution in [0.4, 0.5) is 0 Å². The van der Waals surface area contributed by atoms with Crippen LogP contribution in [0.15, 0.2) is 6.20 Å². The summed E-state index contributed by atoms with van der Waals surface area (Å²) in [5, 5.41) is 4.44. The van der Waals surface area contributed by atoms with Crippen LogP contribution in [0.1, 0.15) is 29.7 Å². The van der Waals surface area contributed by atoms with E-state index in [1.807, 2.05) is 25.1 Å². The average Bonchev–Trinajstić information content (AvgIpc) is 2.73. The molecule has 0 radical (unpaired) electrons. The molecule has 2 rings (SSSR count). The van der Waals surface area contributed by atoms with Gasteiger partial charge in [-0.25, -0.2) is 4.98 Å². The average molecular weight is 267 g/mol. The molecule has 1 N–H and O–H groups in total. The Morgan fingerprint density at radius 3 is 3.06 bits per heavy atom. The molecule has 4 nitrogen and oxygen atoms in total. The Bertz CT molecular complexity index is 418. The third-order valence-electron chi connectivity index (χ3n) is 3.41. The Morgan fingerprint density at radius 1 is 1.67 bits per heavy atom. The summed E-state index contributed by atoms with van der Waals surface area (Å²) in [6.45, 7) is 5.77. The highest BCUT2D eigenvalue weighted by atomic mass is 32.1. The Morgan fingerprint density at radius 2 is 2.44 bits per heavy atom. The molecule has 100 valence electrons. The van der Waals surface area contributed by atoms with Crippen LogP contribution in [0.5, 0.6) is 0 Å².